The molecule has 3 nitrogen and oxygen atoms in total. The molecule has 1 aromatic rings. The molecule has 15 heavy (non-hydrogen) atoms. The molecule has 0 aromatic heterocycles. The van der Waals surface area contributed by atoms with E-state index in [1.807, 2.05) is 6.92 Å². The lowest BCUT2D eigenvalue weighted by Gasteiger charge is -2.07. The molecule has 0 bridgehead atoms. The van der Waals surface area contributed by atoms with Crippen molar-refractivity contribution in [1.82, 2.24) is 4.72 Å². The maximum atomic E-state index is 11.7. The molecule has 0 spiro atoms. The first-order valence-corrected chi connectivity index (χ1v) is 6.68. The molecular formula is C10H14ClNO2S. The SMILES string of the molecule is CCNS(=O)(=O)c1ccc(C)c(CCl)c1. The first-order chi connectivity index (χ1) is 7.01. The summed E-state index contributed by atoms with van der Waals surface area (Å²) in [7, 11) is -3.37. The quantitative estimate of drug-likeness (QED) is 0.828. The molecule has 0 unspecified atom stereocenters. The first-order valence-electron chi connectivity index (χ1n) is 4.66. The Labute approximate surface area is 95.5 Å². The van der Waals surface area contributed by atoms with Crippen LogP contribution in [0.15, 0.2) is 23.1 Å². The summed E-state index contributed by atoms with van der Waals surface area (Å²) in [5.41, 5.74) is 1.84. The molecule has 84 valence electrons. The van der Waals surface area contributed by atoms with E-state index in [0.717, 1.165) is 11.1 Å². The highest BCUT2D eigenvalue weighted by Gasteiger charge is 2.13. The van der Waals surface area contributed by atoms with Gasteiger partial charge in [-0.3, -0.25) is 0 Å². The van der Waals surface area contributed by atoms with E-state index in [9.17, 15) is 8.42 Å². The number of alkyl halides is 1. The second-order valence-electron chi connectivity index (χ2n) is 3.22. The van der Waals surface area contributed by atoms with Crippen molar-refractivity contribution in [2.45, 2.75) is 24.6 Å². The molecule has 0 saturated heterocycles. The minimum atomic E-state index is -3.37. The number of rotatable bonds is 4. The zero-order valence-corrected chi connectivity index (χ0v) is 10.3. The zero-order valence-electron chi connectivity index (χ0n) is 8.75. The Morgan fingerprint density at radius 3 is 2.60 bits per heavy atom. The van der Waals surface area contributed by atoms with Gasteiger partial charge < -0.3 is 0 Å². The van der Waals surface area contributed by atoms with Gasteiger partial charge in [0.25, 0.3) is 0 Å². The molecule has 0 fully saturated rings. The van der Waals surface area contributed by atoms with Crippen LogP contribution >= 0.6 is 11.6 Å². The lowest BCUT2D eigenvalue weighted by Crippen LogP contribution is -2.23. The van der Waals surface area contributed by atoms with Crippen LogP contribution in [0.25, 0.3) is 0 Å². The Morgan fingerprint density at radius 1 is 1.40 bits per heavy atom. The summed E-state index contributed by atoms with van der Waals surface area (Å²) >= 11 is 5.72. The van der Waals surface area contributed by atoms with E-state index in [-0.39, 0.29) is 4.90 Å². The van der Waals surface area contributed by atoms with Crippen molar-refractivity contribution < 1.29 is 8.42 Å². The fraction of sp³-hybridized carbons (Fsp3) is 0.400. The minimum absolute atomic E-state index is 0.269. The molecule has 5 heteroatoms. The van der Waals surface area contributed by atoms with E-state index < -0.39 is 10.0 Å². The largest absolute Gasteiger partial charge is 0.240 e. The van der Waals surface area contributed by atoms with Crippen molar-refractivity contribution in [3.8, 4) is 0 Å². The number of sulfonamides is 1. The van der Waals surface area contributed by atoms with Crippen LogP contribution in [0.1, 0.15) is 18.1 Å². The molecule has 0 saturated carbocycles. The summed E-state index contributed by atoms with van der Waals surface area (Å²) in [6, 6.07) is 4.96. The van der Waals surface area contributed by atoms with Gasteiger partial charge in [0, 0.05) is 12.4 Å². The maximum absolute atomic E-state index is 11.7. The molecule has 1 N–H and O–H groups in total. The highest BCUT2D eigenvalue weighted by Crippen LogP contribution is 2.16. The van der Waals surface area contributed by atoms with Crippen molar-refractivity contribution in [2.24, 2.45) is 0 Å². The van der Waals surface area contributed by atoms with Crippen molar-refractivity contribution in [3.05, 3.63) is 29.3 Å². The number of hydrogen-bond donors (Lipinski definition) is 1. The van der Waals surface area contributed by atoms with E-state index in [4.69, 9.17) is 11.6 Å². The Morgan fingerprint density at radius 2 is 2.07 bits per heavy atom. The Balaban J connectivity index is 3.17. The lowest BCUT2D eigenvalue weighted by molar-refractivity contribution is 0.584. The van der Waals surface area contributed by atoms with Crippen LogP contribution in [0.4, 0.5) is 0 Å². The monoisotopic (exact) mass is 247 g/mol. The number of halogens is 1. The predicted octanol–water partition coefficient (Wildman–Crippen LogP) is 2.03. The summed E-state index contributed by atoms with van der Waals surface area (Å²) in [4.78, 5) is 0.269. The second-order valence-corrected chi connectivity index (χ2v) is 5.26. The van der Waals surface area contributed by atoms with Crippen molar-refractivity contribution in [2.75, 3.05) is 6.54 Å². The van der Waals surface area contributed by atoms with Gasteiger partial charge in [-0.1, -0.05) is 13.0 Å². The summed E-state index contributed by atoms with van der Waals surface area (Å²) in [5, 5.41) is 0. The van der Waals surface area contributed by atoms with E-state index in [1.54, 1.807) is 25.1 Å². The standard InChI is InChI=1S/C10H14ClNO2S/c1-3-12-15(13,14)10-5-4-8(2)9(6-10)7-11/h4-6,12H,3,7H2,1-2H3. The van der Waals surface area contributed by atoms with E-state index in [0.29, 0.717) is 12.4 Å². The zero-order chi connectivity index (χ0) is 11.5. The number of aryl methyl sites for hydroxylation is 1. The highest BCUT2D eigenvalue weighted by atomic mass is 35.5. The molecular weight excluding hydrogens is 234 g/mol. The van der Waals surface area contributed by atoms with Crippen LogP contribution < -0.4 is 4.72 Å². The third kappa shape index (κ3) is 2.93. The Hall–Kier alpha value is -0.580. The molecule has 0 heterocycles. The Kier molecular flexibility index (Phi) is 4.13. The smallest absolute Gasteiger partial charge is 0.211 e. The van der Waals surface area contributed by atoms with Gasteiger partial charge >= 0.3 is 0 Å². The summed E-state index contributed by atoms with van der Waals surface area (Å²) in [5.74, 6) is 0.321. The molecule has 0 atom stereocenters. The number of hydrogen-bond acceptors (Lipinski definition) is 2. The predicted molar refractivity (Wildman–Crippen MR) is 61.6 cm³/mol. The van der Waals surface area contributed by atoms with Crippen LogP contribution in [0, 0.1) is 6.92 Å². The molecule has 0 aliphatic carbocycles. The first kappa shape index (κ1) is 12.5. The van der Waals surface area contributed by atoms with E-state index >= 15 is 0 Å². The third-order valence-corrected chi connectivity index (χ3v) is 3.94. The average Bonchev–Trinajstić information content (AvgIpc) is 2.18. The summed E-state index contributed by atoms with van der Waals surface area (Å²) < 4.78 is 25.8. The normalized spacial score (nSPS) is 11.7. The van der Waals surface area contributed by atoms with Crippen LogP contribution in [-0.2, 0) is 15.9 Å². The second kappa shape index (κ2) is 4.96. The number of nitrogens with one attached hydrogen (secondary N) is 1. The van der Waals surface area contributed by atoms with E-state index in [1.165, 1.54) is 0 Å². The van der Waals surface area contributed by atoms with Crippen LogP contribution in [0.3, 0.4) is 0 Å². The molecule has 0 radical (unpaired) electrons. The highest BCUT2D eigenvalue weighted by molar-refractivity contribution is 7.89. The van der Waals surface area contributed by atoms with Crippen molar-refractivity contribution in [3.63, 3.8) is 0 Å². The average molecular weight is 248 g/mol. The van der Waals surface area contributed by atoms with Gasteiger partial charge in [-0.2, -0.15) is 0 Å². The van der Waals surface area contributed by atoms with Crippen LogP contribution in [-0.4, -0.2) is 15.0 Å². The van der Waals surface area contributed by atoms with E-state index in [2.05, 4.69) is 4.72 Å². The molecule has 1 rings (SSSR count). The van der Waals surface area contributed by atoms with Crippen LogP contribution in [0.5, 0.6) is 0 Å². The molecule has 0 aliphatic heterocycles. The summed E-state index contributed by atoms with van der Waals surface area (Å²) in [6.45, 7) is 4.03. The molecule has 1 aromatic carbocycles. The molecule has 0 aliphatic rings. The topological polar surface area (TPSA) is 46.2 Å². The van der Waals surface area contributed by atoms with Gasteiger partial charge in [0.05, 0.1) is 4.90 Å². The number of benzene rings is 1. The fourth-order valence-electron chi connectivity index (χ4n) is 1.23. The van der Waals surface area contributed by atoms with Crippen molar-refractivity contribution >= 4 is 21.6 Å². The van der Waals surface area contributed by atoms with Crippen LogP contribution in [0.2, 0.25) is 0 Å². The summed E-state index contributed by atoms with van der Waals surface area (Å²) in [6.07, 6.45) is 0. The third-order valence-electron chi connectivity index (χ3n) is 2.11. The van der Waals surface area contributed by atoms with Gasteiger partial charge in [-0.25, -0.2) is 13.1 Å². The van der Waals surface area contributed by atoms with Gasteiger partial charge in [0.1, 0.15) is 0 Å². The van der Waals surface area contributed by atoms with Gasteiger partial charge in [-0.15, -0.1) is 11.6 Å². The van der Waals surface area contributed by atoms with Crippen molar-refractivity contribution in [1.29, 1.82) is 0 Å². The van der Waals surface area contributed by atoms with Gasteiger partial charge in [0.2, 0.25) is 10.0 Å². The molecule has 0 amide bonds. The Bertz CT molecular complexity index is 443. The fourth-order valence-corrected chi connectivity index (χ4v) is 2.61. The van der Waals surface area contributed by atoms with Gasteiger partial charge in [0.15, 0.2) is 0 Å². The minimum Gasteiger partial charge on any atom is -0.211 e. The van der Waals surface area contributed by atoms with Gasteiger partial charge in [-0.05, 0) is 30.2 Å². The maximum Gasteiger partial charge on any atom is 0.240 e. The lowest BCUT2D eigenvalue weighted by atomic mass is 10.1.